The minimum absolute atomic E-state index is 0.0924. The van der Waals surface area contributed by atoms with Crippen LogP contribution < -0.4 is 15.8 Å². The largest absolute Gasteiger partial charge is 0.503 e. The number of pyridine rings is 1. The highest BCUT2D eigenvalue weighted by Gasteiger charge is 2.39. The van der Waals surface area contributed by atoms with E-state index in [1.165, 1.54) is 19.4 Å². The first kappa shape index (κ1) is 50.0. The fourth-order valence-electron chi connectivity index (χ4n) is 5.70. The SMILES string of the molecule is CC[C@H]1OC(=O)[C@@H](N)COC[C@H](OCC(C)C)[C@H]1OCC(C)C.CC[C@H]1OC(=O)[C@@H](NC(=O)c2nccc(OC)c2O)COC[C@H](OCC(C)C)[C@H]1OCC(C)C. The van der Waals surface area contributed by atoms with E-state index in [0.29, 0.717) is 63.6 Å². The Morgan fingerprint density at radius 3 is 1.68 bits per heavy atom. The van der Waals surface area contributed by atoms with Gasteiger partial charge in [-0.1, -0.05) is 69.2 Å². The summed E-state index contributed by atoms with van der Waals surface area (Å²) in [5, 5.41) is 12.8. The summed E-state index contributed by atoms with van der Waals surface area (Å²) in [7, 11) is 1.36. The van der Waals surface area contributed by atoms with Crippen LogP contribution in [0.25, 0.3) is 0 Å². The number of aromatic hydroxyl groups is 1. The summed E-state index contributed by atoms with van der Waals surface area (Å²) >= 11 is 0. The molecule has 1 aromatic heterocycles. The number of carbonyl (C=O) groups excluding carboxylic acids is 3. The lowest BCUT2D eigenvalue weighted by molar-refractivity contribution is -0.173. The molecule has 2 aliphatic heterocycles. The van der Waals surface area contributed by atoms with Gasteiger partial charge in [-0.25, -0.2) is 9.78 Å². The summed E-state index contributed by atoms with van der Waals surface area (Å²) in [4.78, 5) is 41.7. The Hall–Kier alpha value is -3.12. The van der Waals surface area contributed by atoms with Crippen LogP contribution in [0, 0.1) is 23.7 Å². The van der Waals surface area contributed by atoms with Crippen molar-refractivity contribution >= 4 is 17.8 Å². The summed E-state index contributed by atoms with van der Waals surface area (Å²) in [6, 6.07) is -0.452. The van der Waals surface area contributed by atoms with Gasteiger partial charge < -0.3 is 58.8 Å². The van der Waals surface area contributed by atoms with Crippen molar-refractivity contribution in [3.8, 4) is 11.5 Å². The summed E-state index contributed by atoms with van der Waals surface area (Å²) < 4.78 is 52.0. The molecule has 3 rings (SSSR count). The second kappa shape index (κ2) is 26.1. The molecule has 1 amide bonds. The first-order chi connectivity index (χ1) is 27.0. The van der Waals surface area contributed by atoms with E-state index < -0.39 is 54.0 Å². The molecular formula is C41H71N3O13. The topological polar surface area (TPSA) is 205 Å². The van der Waals surface area contributed by atoms with E-state index in [1.54, 1.807) is 0 Å². The number of hydrogen-bond donors (Lipinski definition) is 3. The number of hydrogen-bond acceptors (Lipinski definition) is 15. The van der Waals surface area contributed by atoms with Gasteiger partial charge in [0, 0.05) is 38.7 Å². The third-order valence-electron chi connectivity index (χ3n) is 8.70. The summed E-state index contributed by atoms with van der Waals surface area (Å²) in [6.45, 7) is 23.0. The van der Waals surface area contributed by atoms with E-state index in [9.17, 15) is 19.5 Å². The fourth-order valence-corrected chi connectivity index (χ4v) is 5.70. The number of nitrogens with one attached hydrogen (secondary N) is 1. The van der Waals surface area contributed by atoms with Crippen LogP contribution in [0.15, 0.2) is 12.3 Å². The highest BCUT2D eigenvalue weighted by atomic mass is 16.6. The minimum atomic E-state index is -1.11. The van der Waals surface area contributed by atoms with Crippen LogP contribution in [0.1, 0.15) is 92.6 Å². The first-order valence-corrected chi connectivity index (χ1v) is 20.3. The highest BCUT2D eigenvalue weighted by molar-refractivity contribution is 5.98. The third-order valence-corrected chi connectivity index (χ3v) is 8.70. The zero-order valence-corrected chi connectivity index (χ0v) is 36.0. The van der Waals surface area contributed by atoms with Gasteiger partial charge in [0.1, 0.15) is 42.7 Å². The number of cyclic esters (lactones) is 2. The van der Waals surface area contributed by atoms with Gasteiger partial charge in [0.15, 0.2) is 23.2 Å². The van der Waals surface area contributed by atoms with Gasteiger partial charge in [-0.3, -0.25) is 9.59 Å². The Balaban J connectivity index is 0.000000425. The molecule has 8 atom stereocenters. The van der Waals surface area contributed by atoms with Crippen molar-refractivity contribution in [3.63, 3.8) is 0 Å². The molecule has 2 fully saturated rings. The molecular weight excluding hydrogens is 742 g/mol. The summed E-state index contributed by atoms with van der Waals surface area (Å²) in [5.74, 6) is -0.828. The summed E-state index contributed by atoms with van der Waals surface area (Å²) in [5.41, 5.74) is 5.52. The number of nitrogens with two attached hydrogens (primary N) is 1. The lowest BCUT2D eigenvalue weighted by Crippen LogP contribution is -2.48. The zero-order valence-electron chi connectivity index (χ0n) is 36.0. The number of amides is 1. The number of ether oxygens (including phenoxy) is 9. The van der Waals surface area contributed by atoms with Crippen LogP contribution >= 0.6 is 0 Å². The van der Waals surface area contributed by atoms with Gasteiger partial charge in [-0.05, 0) is 36.5 Å². The van der Waals surface area contributed by atoms with Crippen molar-refractivity contribution < 1.29 is 62.1 Å². The molecule has 0 bridgehead atoms. The van der Waals surface area contributed by atoms with E-state index in [4.69, 9.17) is 48.4 Å². The van der Waals surface area contributed by atoms with Crippen molar-refractivity contribution in [2.75, 3.05) is 60.0 Å². The number of aromatic nitrogens is 1. The van der Waals surface area contributed by atoms with Gasteiger partial charge in [-0.2, -0.15) is 0 Å². The molecule has 0 aliphatic carbocycles. The smallest absolute Gasteiger partial charge is 0.331 e. The Labute approximate surface area is 339 Å². The molecule has 328 valence electrons. The van der Waals surface area contributed by atoms with E-state index >= 15 is 0 Å². The van der Waals surface area contributed by atoms with Crippen molar-refractivity contribution in [1.82, 2.24) is 10.3 Å². The average molecular weight is 814 g/mol. The Bertz CT molecular complexity index is 1330. The van der Waals surface area contributed by atoms with Crippen LogP contribution in [-0.4, -0.2) is 137 Å². The van der Waals surface area contributed by atoms with Gasteiger partial charge in [0.2, 0.25) is 0 Å². The summed E-state index contributed by atoms with van der Waals surface area (Å²) in [6.07, 6.45) is -0.108. The average Bonchev–Trinajstić information content (AvgIpc) is 3.25. The maximum atomic E-state index is 13.0. The van der Waals surface area contributed by atoms with Crippen molar-refractivity contribution in [2.24, 2.45) is 29.4 Å². The van der Waals surface area contributed by atoms with Gasteiger partial charge in [0.05, 0.1) is 33.5 Å². The number of methoxy groups -OCH3 is 1. The van der Waals surface area contributed by atoms with Crippen LogP contribution in [-0.2, 0) is 47.5 Å². The Morgan fingerprint density at radius 2 is 1.23 bits per heavy atom. The molecule has 0 radical (unpaired) electrons. The molecule has 2 aliphatic rings. The van der Waals surface area contributed by atoms with Crippen LogP contribution in [0.5, 0.6) is 11.5 Å². The molecule has 3 heterocycles. The molecule has 0 aromatic carbocycles. The van der Waals surface area contributed by atoms with Crippen LogP contribution in [0.2, 0.25) is 0 Å². The first-order valence-electron chi connectivity index (χ1n) is 20.3. The zero-order chi connectivity index (χ0) is 42.7. The van der Waals surface area contributed by atoms with Gasteiger partial charge in [-0.15, -0.1) is 0 Å². The highest BCUT2D eigenvalue weighted by Crippen LogP contribution is 2.28. The Kier molecular flexibility index (Phi) is 22.9. The molecule has 16 heteroatoms. The van der Waals surface area contributed by atoms with Gasteiger partial charge >= 0.3 is 11.9 Å². The van der Waals surface area contributed by atoms with Gasteiger partial charge in [0.25, 0.3) is 5.91 Å². The van der Waals surface area contributed by atoms with Crippen molar-refractivity contribution in [3.05, 3.63) is 18.0 Å². The normalized spacial score (nSPS) is 26.2. The lowest BCUT2D eigenvalue weighted by Gasteiger charge is -2.33. The molecule has 0 spiro atoms. The molecule has 57 heavy (non-hydrogen) atoms. The quantitative estimate of drug-likeness (QED) is 0.190. The maximum absolute atomic E-state index is 13.0. The molecule has 16 nitrogen and oxygen atoms in total. The van der Waals surface area contributed by atoms with Crippen LogP contribution in [0.4, 0.5) is 0 Å². The van der Waals surface area contributed by atoms with E-state index in [0.717, 1.165) is 0 Å². The minimum Gasteiger partial charge on any atom is -0.503 e. The van der Waals surface area contributed by atoms with Crippen LogP contribution in [0.3, 0.4) is 0 Å². The molecule has 1 aromatic rings. The lowest BCUT2D eigenvalue weighted by atomic mass is 10.0. The number of esters is 2. The van der Waals surface area contributed by atoms with E-state index in [2.05, 4.69) is 38.0 Å². The number of rotatable bonds is 17. The van der Waals surface area contributed by atoms with Crippen molar-refractivity contribution in [2.45, 2.75) is 131 Å². The van der Waals surface area contributed by atoms with E-state index in [-0.39, 0.29) is 55.5 Å². The Morgan fingerprint density at radius 1 is 0.772 bits per heavy atom. The third kappa shape index (κ3) is 17.3. The maximum Gasteiger partial charge on any atom is 0.331 e. The second-order valence-corrected chi connectivity index (χ2v) is 16.1. The van der Waals surface area contributed by atoms with E-state index in [1.807, 2.05) is 41.5 Å². The molecule has 2 saturated heterocycles. The number of carbonyl (C=O) groups is 3. The predicted molar refractivity (Wildman–Crippen MR) is 212 cm³/mol. The number of nitrogens with zero attached hydrogens (tertiary/aromatic N) is 1. The van der Waals surface area contributed by atoms with Crippen molar-refractivity contribution in [1.29, 1.82) is 0 Å². The standard InChI is InChI=1S/C24H38N2O8.C17H33NO5/c1-7-17-22(33-11-15(4)5)19(32-10-14(2)3)13-31-12-16(24(29)34-17)26-23(28)20-21(27)18(30-6)8-9-25-20;1-6-14-16(22-8-12(4)5)15(21-7-11(2)3)10-20-9-13(18)17(19)23-14/h8-9,14-17,19,22,27H,7,10-13H2,1-6H3,(H,26,28);11-16H,6-10,18H2,1-5H3/t16-,17+,19-,22-;13-,14+,15-,16-/m00/s1. The molecule has 0 unspecified atom stereocenters. The molecule has 0 saturated carbocycles. The predicted octanol–water partition coefficient (Wildman–Crippen LogP) is 4.08. The molecule has 4 N–H and O–H groups in total. The monoisotopic (exact) mass is 813 g/mol. The second-order valence-electron chi connectivity index (χ2n) is 16.1. The fraction of sp³-hybridized carbons (Fsp3) is 0.805.